The fraction of sp³-hybridized carbons (Fsp3) is 0.214. The molecule has 1 heterocycles. The molecule has 0 spiro atoms. The van der Waals surface area contributed by atoms with Gasteiger partial charge in [-0.2, -0.15) is 0 Å². The van der Waals surface area contributed by atoms with Crippen molar-refractivity contribution in [3.8, 4) is 5.75 Å². The molecule has 1 aromatic heterocycles. The predicted molar refractivity (Wildman–Crippen MR) is 73.9 cm³/mol. The van der Waals surface area contributed by atoms with Gasteiger partial charge < -0.3 is 10.5 Å². The SMILES string of the molecule is Cc1cc(Cl)cc(C)c1OCc1cc(N)ccn1. The average Bonchev–Trinajstić information content (AvgIpc) is 2.27. The zero-order valence-corrected chi connectivity index (χ0v) is 11.2. The number of anilines is 1. The first-order valence-electron chi connectivity index (χ1n) is 5.66. The average molecular weight is 263 g/mol. The summed E-state index contributed by atoms with van der Waals surface area (Å²) in [4.78, 5) is 4.20. The Labute approximate surface area is 112 Å². The molecule has 0 atom stereocenters. The van der Waals surface area contributed by atoms with Crippen LogP contribution in [0.5, 0.6) is 5.75 Å². The van der Waals surface area contributed by atoms with Crippen molar-refractivity contribution >= 4 is 17.3 Å². The Balaban J connectivity index is 2.16. The second kappa shape index (κ2) is 5.27. The van der Waals surface area contributed by atoms with Gasteiger partial charge in [0.1, 0.15) is 12.4 Å². The van der Waals surface area contributed by atoms with Crippen molar-refractivity contribution in [2.45, 2.75) is 20.5 Å². The summed E-state index contributed by atoms with van der Waals surface area (Å²) in [7, 11) is 0. The number of benzene rings is 1. The van der Waals surface area contributed by atoms with Gasteiger partial charge in [-0.05, 0) is 49.2 Å². The van der Waals surface area contributed by atoms with E-state index in [4.69, 9.17) is 22.1 Å². The van der Waals surface area contributed by atoms with Crippen molar-refractivity contribution in [3.63, 3.8) is 0 Å². The molecule has 4 heteroatoms. The first-order valence-corrected chi connectivity index (χ1v) is 6.04. The third kappa shape index (κ3) is 2.93. The van der Waals surface area contributed by atoms with E-state index in [1.165, 1.54) is 0 Å². The van der Waals surface area contributed by atoms with Gasteiger partial charge >= 0.3 is 0 Å². The molecule has 0 amide bonds. The Kier molecular flexibility index (Phi) is 3.72. The lowest BCUT2D eigenvalue weighted by Gasteiger charge is -2.12. The topological polar surface area (TPSA) is 48.1 Å². The van der Waals surface area contributed by atoms with Gasteiger partial charge in [-0.15, -0.1) is 0 Å². The molecule has 0 bridgehead atoms. The minimum atomic E-state index is 0.397. The summed E-state index contributed by atoms with van der Waals surface area (Å²) in [5, 5.41) is 0.722. The van der Waals surface area contributed by atoms with E-state index in [0.717, 1.165) is 27.6 Å². The van der Waals surface area contributed by atoms with E-state index in [0.29, 0.717) is 12.3 Å². The summed E-state index contributed by atoms with van der Waals surface area (Å²) in [5.74, 6) is 0.851. The number of aryl methyl sites for hydroxylation is 2. The predicted octanol–water partition coefficient (Wildman–Crippen LogP) is 3.51. The standard InChI is InChI=1S/C14H15ClN2O/c1-9-5-11(15)6-10(2)14(9)18-8-13-7-12(16)3-4-17-13/h3-7H,8H2,1-2H3,(H2,16,17). The van der Waals surface area contributed by atoms with Gasteiger partial charge in [0.2, 0.25) is 0 Å². The van der Waals surface area contributed by atoms with E-state index in [9.17, 15) is 0 Å². The van der Waals surface area contributed by atoms with E-state index in [2.05, 4.69) is 4.98 Å². The summed E-state index contributed by atoms with van der Waals surface area (Å²) in [6, 6.07) is 7.33. The van der Waals surface area contributed by atoms with Crippen LogP contribution in [0.15, 0.2) is 30.5 Å². The monoisotopic (exact) mass is 262 g/mol. The molecule has 0 aliphatic heterocycles. The fourth-order valence-corrected chi connectivity index (χ4v) is 2.17. The Morgan fingerprint density at radius 1 is 1.22 bits per heavy atom. The maximum absolute atomic E-state index is 5.98. The van der Waals surface area contributed by atoms with Crippen LogP contribution >= 0.6 is 11.6 Å². The van der Waals surface area contributed by atoms with Crippen molar-refractivity contribution in [3.05, 3.63) is 52.3 Å². The summed E-state index contributed by atoms with van der Waals surface area (Å²) in [6.45, 7) is 4.34. The van der Waals surface area contributed by atoms with Crippen LogP contribution in [0.1, 0.15) is 16.8 Å². The molecule has 94 valence electrons. The molecule has 3 nitrogen and oxygen atoms in total. The number of rotatable bonds is 3. The number of nitrogens with zero attached hydrogens (tertiary/aromatic N) is 1. The second-order valence-corrected chi connectivity index (χ2v) is 4.67. The smallest absolute Gasteiger partial charge is 0.130 e. The van der Waals surface area contributed by atoms with Crippen molar-refractivity contribution in [2.24, 2.45) is 0 Å². The summed E-state index contributed by atoms with van der Waals surface area (Å²) in [5.41, 5.74) is 9.23. The number of halogens is 1. The quantitative estimate of drug-likeness (QED) is 0.921. The molecule has 0 aliphatic carbocycles. The number of nitrogens with two attached hydrogens (primary N) is 1. The minimum absolute atomic E-state index is 0.397. The second-order valence-electron chi connectivity index (χ2n) is 4.24. The van der Waals surface area contributed by atoms with Crippen LogP contribution in [0, 0.1) is 13.8 Å². The zero-order chi connectivity index (χ0) is 13.1. The van der Waals surface area contributed by atoms with Crippen LogP contribution in [0.25, 0.3) is 0 Å². The van der Waals surface area contributed by atoms with E-state index >= 15 is 0 Å². The third-order valence-electron chi connectivity index (χ3n) is 2.63. The lowest BCUT2D eigenvalue weighted by atomic mass is 10.1. The molecule has 0 saturated heterocycles. The summed E-state index contributed by atoms with van der Waals surface area (Å²) >= 11 is 5.98. The van der Waals surface area contributed by atoms with Crippen LogP contribution in [0.2, 0.25) is 5.02 Å². The molecular formula is C14H15ClN2O. The van der Waals surface area contributed by atoms with E-state index < -0.39 is 0 Å². The molecule has 0 fully saturated rings. The van der Waals surface area contributed by atoms with Gasteiger partial charge in [-0.25, -0.2) is 0 Å². The number of aromatic nitrogens is 1. The number of hydrogen-bond acceptors (Lipinski definition) is 3. The van der Waals surface area contributed by atoms with Crippen LogP contribution < -0.4 is 10.5 Å². The molecule has 1 aromatic carbocycles. The number of pyridine rings is 1. The largest absolute Gasteiger partial charge is 0.487 e. The van der Waals surface area contributed by atoms with Gasteiger partial charge in [-0.1, -0.05) is 11.6 Å². The zero-order valence-electron chi connectivity index (χ0n) is 10.4. The normalized spacial score (nSPS) is 10.4. The molecule has 0 saturated carbocycles. The van der Waals surface area contributed by atoms with Crippen LogP contribution in [-0.4, -0.2) is 4.98 Å². The maximum atomic E-state index is 5.98. The van der Waals surface area contributed by atoms with Crippen LogP contribution in [0.3, 0.4) is 0 Å². The number of hydrogen-bond donors (Lipinski definition) is 1. The Morgan fingerprint density at radius 3 is 2.50 bits per heavy atom. The van der Waals surface area contributed by atoms with Gasteiger partial charge in [0, 0.05) is 16.9 Å². The maximum Gasteiger partial charge on any atom is 0.130 e. The molecule has 2 N–H and O–H groups in total. The first kappa shape index (κ1) is 12.7. The lowest BCUT2D eigenvalue weighted by Crippen LogP contribution is -2.01. The molecule has 0 aliphatic rings. The van der Waals surface area contributed by atoms with Gasteiger partial charge in [0.25, 0.3) is 0 Å². The molecule has 0 radical (unpaired) electrons. The third-order valence-corrected chi connectivity index (χ3v) is 2.85. The van der Waals surface area contributed by atoms with E-state index in [1.54, 1.807) is 18.3 Å². The van der Waals surface area contributed by atoms with Crippen molar-refractivity contribution in [2.75, 3.05) is 5.73 Å². The van der Waals surface area contributed by atoms with Gasteiger partial charge in [-0.3, -0.25) is 4.98 Å². The molecule has 2 rings (SSSR count). The fourth-order valence-electron chi connectivity index (χ4n) is 1.85. The molecule has 2 aromatic rings. The highest BCUT2D eigenvalue weighted by molar-refractivity contribution is 6.30. The van der Waals surface area contributed by atoms with Crippen LogP contribution in [-0.2, 0) is 6.61 Å². The van der Waals surface area contributed by atoms with Crippen molar-refractivity contribution < 1.29 is 4.74 Å². The molecule has 18 heavy (non-hydrogen) atoms. The highest BCUT2D eigenvalue weighted by Gasteiger charge is 2.06. The molecule has 0 unspecified atom stereocenters. The Morgan fingerprint density at radius 2 is 1.89 bits per heavy atom. The van der Waals surface area contributed by atoms with Gasteiger partial charge in [0.05, 0.1) is 5.69 Å². The Hall–Kier alpha value is -1.74. The van der Waals surface area contributed by atoms with Crippen molar-refractivity contribution in [1.82, 2.24) is 4.98 Å². The Bertz CT molecular complexity index is 546. The van der Waals surface area contributed by atoms with Crippen LogP contribution in [0.4, 0.5) is 5.69 Å². The minimum Gasteiger partial charge on any atom is -0.487 e. The summed E-state index contributed by atoms with van der Waals surface area (Å²) < 4.78 is 5.79. The number of ether oxygens (including phenoxy) is 1. The lowest BCUT2D eigenvalue weighted by molar-refractivity contribution is 0.297. The molecular weight excluding hydrogens is 248 g/mol. The highest BCUT2D eigenvalue weighted by atomic mass is 35.5. The summed E-state index contributed by atoms with van der Waals surface area (Å²) in [6.07, 6.45) is 1.68. The highest BCUT2D eigenvalue weighted by Crippen LogP contribution is 2.27. The van der Waals surface area contributed by atoms with E-state index in [-0.39, 0.29) is 0 Å². The van der Waals surface area contributed by atoms with Crippen molar-refractivity contribution in [1.29, 1.82) is 0 Å². The van der Waals surface area contributed by atoms with Gasteiger partial charge in [0.15, 0.2) is 0 Å². The van der Waals surface area contributed by atoms with E-state index in [1.807, 2.05) is 26.0 Å². The first-order chi connectivity index (χ1) is 8.56. The number of nitrogen functional groups attached to an aromatic ring is 1.